The molecule has 3 heterocycles. The molecule has 1 aliphatic rings. The topological polar surface area (TPSA) is 125 Å². The second-order valence-corrected chi connectivity index (χ2v) is 11.4. The quantitative estimate of drug-likeness (QED) is 0.188. The molecular formula is C31H25ClN4O5S. The zero-order valence-electron chi connectivity index (χ0n) is 22.1. The summed E-state index contributed by atoms with van der Waals surface area (Å²) in [4.78, 5) is 44.2. The number of aromatic nitrogens is 1. The molecule has 11 heteroatoms. The van der Waals surface area contributed by atoms with Crippen molar-refractivity contribution in [1.82, 2.24) is 9.88 Å². The van der Waals surface area contributed by atoms with Gasteiger partial charge in [-0.2, -0.15) is 4.98 Å². The van der Waals surface area contributed by atoms with E-state index in [0.29, 0.717) is 44.9 Å². The number of para-hydroxylation sites is 1. The first-order valence-electron chi connectivity index (χ1n) is 13.2. The van der Waals surface area contributed by atoms with Crippen LogP contribution in [0.1, 0.15) is 26.7 Å². The molecule has 9 nitrogen and oxygen atoms in total. The van der Waals surface area contributed by atoms with Gasteiger partial charge < -0.3 is 25.1 Å². The molecule has 2 unspecified atom stereocenters. The van der Waals surface area contributed by atoms with E-state index in [1.165, 1.54) is 11.3 Å². The van der Waals surface area contributed by atoms with Gasteiger partial charge in [0.05, 0.1) is 27.9 Å². The highest BCUT2D eigenvalue weighted by Gasteiger charge is 2.40. The molecule has 3 aromatic carbocycles. The number of fused-ring (bicyclic) bond motifs is 1. The summed E-state index contributed by atoms with van der Waals surface area (Å²) >= 11 is 7.54. The fourth-order valence-electron chi connectivity index (χ4n) is 5.13. The van der Waals surface area contributed by atoms with Gasteiger partial charge in [0.1, 0.15) is 5.52 Å². The number of oxazole rings is 1. The molecule has 1 aliphatic heterocycles. The molecule has 0 spiro atoms. The van der Waals surface area contributed by atoms with Crippen molar-refractivity contribution in [1.29, 1.82) is 0 Å². The number of thiophene rings is 1. The molecule has 0 radical (unpaired) electrons. The van der Waals surface area contributed by atoms with Gasteiger partial charge in [-0.25, -0.2) is 0 Å². The lowest BCUT2D eigenvalue weighted by Gasteiger charge is -2.16. The van der Waals surface area contributed by atoms with Gasteiger partial charge >= 0.3 is 5.97 Å². The number of hydrogen-bond donors (Lipinski definition) is 3. The average Bonchev–Trinajstić information content (AvgIpc) is 3.74. The normalized spacial score (nSPS) is 16.5. The number of rotatable bonds is 8. The molecule has 1 fully saturated rings. The highest BCUT2D eigenvalue weighted by molar-refractivity contribution is 7.12. The Morgan fingerprint density at radius 2 is 1.83 bits per heavy atom. The lowest BCUT2D eigenvalue weighted by molar-refractivity contribution is -0.141. The van der Waals surface area contributed by atoms with Gasteiger partial charge in [-0.3, -0.25) is 14.4 Å². The van der Waals surface area contributed by atoms with E-state index in [9.17, 15) is 19.5 Å². The molecule has 1 saturated heterocycles. The number of benzene rings is 3. The fraction of sp³-hybridized carbons (Fsp3) is 0.161. The van der Waals surface area contributed by atoms with Gasteiger partial charge in [0, 0.05) is 24.7 Å². The number of carboxylic acids is 1. The Kier molecular flexibility index (Phi) is 7.64. The third kappa shape index (κ3) is 5.86. The van der Waals surface area contributed by atoms with Crippen LogP contribution in [0.2, 0.25) is 5.02 Å². The van der Waals surface area contributed by atoms with E-state index >= 15 is 0 Å². The van der Waals surface area contributed by atoms with Gasteiger partial charge in [0.25, 0.3) is 11.9 Å². The van der Waals surface area contributed by atoms with Crippen molar-refractivity contribution in [2.45, 2.75) is 12.3 Å². The number of hydrogen-bond acceptors (Lipinski definition) is 7. The van der Waals surface area contributed by atoms with Crippen molar-refractivity contribution in [3.8, 4) is 0 Å². The average molecular weight is 601 g/mol. The summed E-state index contributed by atoms with van der Waals surface area (Å²) in [6.45, 7) is 0.474. The number of nitrogens with one attached hydrogen (secondary N) is 2. The van der Waals surface area contributed by atoms with Crippen LogP contribution in [0.5, 0.6) is 0 Å². The van der Waals surface area contributed by atoms with Crippen molar-refractivity contribution in [3.63, 3.8) is 0 Å². The molecule has 212 valence electrons. The van der Waals surface area contributed by atoms with Crippen molar-refractivity contribution in [3.05, 3.63) is 105 Å². The Labute approximate surface area is 249 Å². The summed E-state index contributed by atoms with van der Waals surface area (Å²) in [5.41, 5.74) is 4.00. The highest BCUT2D eigenvalue weighted by Crippen LogP contribution is 2.35. The minimum absolute atomic E-state index is 0.120. The molecule has 0 aliphatic carbocycles. The lowest BCUT2D eigenvalue weighted by Crippen LogP contribution is -2.29. The predicted molar refractivity (Wildman–Crippen MR) is 162 cm³/mol. The Balaban J connectivity index is 1.09. The first-order valence-corrected chi connectivity index (χ1v) is 14.5. The largest absolute Gasteiger partial charge is 0.481 e. The molecule has 5 aromatic rings. The molecule has 0 bridgehead atoms. The van der Waals surface area contributed by atoms with Crippen molar-refractivity contribution in [2.24, 2.45) is 5.92 Å². The molecule has 0 saturated carbocycles. The monoisotopic (exact) mass is 600 g/mol. The maximum atomic E-state index is 12.8. The summed E-state index contributed by atoms with van der Waals surface area (Å²) < 4.78 is 5.82. The maximum absolute atomic E-state index is 12.8. The van der Waals surface area contributed by atoms with E-state index in [0.717, 1.165) is 11.1 Å². The Morgan fingerprint density at radius 1 is 1.02 bits per heavy atom. The van der Waals surface area contributed by atoms with Gasteiger partial charge in [-0.15, -0.1) is 11.3 Å². The SMILES string of the molecule is O=C(Cc1ccc2nc(Nc3ccccc3Cl)oc2c1)Nc1ccc(C2CN(C(=O)c3cccs3)CC2C(=O)O)cc1. The highest BCUT2D eigenvalue weighted by atomic mass is 35.5. The third-order valence-electron chi connectivity index (χ3n) is 7.21. The fourth-order valence-corrected chi connectivity index (χ4v) is 6.00. The van der Waals surface area contributed by atoms with Gasteiger partial charge in [0.15, 0.2) is 5.58 Å². The number of aliphatic carboxylic acids is 1. The minimum atomic E-state index is -0.936. The first kappa shape index (κ1) is 27.5. The van der Waals surface area contributed by atoms with Crippen LogP contribution in [0.25, 0.3) is 11.1 Å². The van der Waals surface area contributed by atoms with Crippen LogP contribution in [-0.2, 0) is 16.0 Å². The predicted octanol–water partition coefficient (Wildman–Crippen LogP) is 6.41. The number of anilines is 3. The summed E-state index contributed by atoms with van der Waals surface area (Å²) in [5, 5.41) is 18.1. The number of nitrogens with zero attached hydrogens (tertiary/aromatic N) is 2. The lowest BCUT2D eigenvalue weighted by atomic mass is 9.89. The van der Waals surface area contributed by atoms with E-state index in [-0.39, 0.29) is 30.7 Å². The van der Waals surface area contributed by atoms with Crippen molar-refractivity contribution in [2.75, 3.05) is 23.7 Å². The zero-order valence-corrected chi connectivity index (χ0v) is 23.7. The van der Waals surface area contributed by atoms with E-state index in [2.05, 4.69) is 15.6 Å². The van der Waals surface area contributed by atoms with Crippen LogP contribution < -0.4 is 10.6 Å². The smallest absolute Gasteiger partial charge is 0.308 e. The van der Waals surface area contributed by atoms with E-state index < -0.39 is 11.9 Å². The minimum Gasteiger partial charge on any atom is -0.481 e. The standard InChI is InChI=1S/C31H25ClN4O5S/c32-23-4-1-2-5-24(23)34-31-35-25-12-7-18(14-26(25)41-31)15-28(37)33-20-10-8-19(9-11-20)21-16-36(17-22(21)30(39)40)29(38)27-6-3-13-42-27/h1-14,21-22H,15-17H2,(H,33,37)(H,34,35)(H,39,40). The van der Waals surface area contributed by atoms with Crippen LogP contribution >= 0.6 is 22.9 Å². The van der Waals surface area contributed by atoms with E-state index in [1.54, 1.807) is 47.4 Å². The van der Waals surface area contributed by atoms with E-state index in [1.807, 2.05) is 41.8 Å². The maximum Gasteiger partial charge on any atom is 0.308 e. The molecule has 6 rings (SSSR count). The Morgan fingerprint density at radius 3 is 2.57 bits per heavy atom. The molecular weight excluding hydrogens is 576 g/mol. The third-order valence-corrected chi connectivity index (χ3v) is 8.40. The Bertz CT molecular complexity index is 1770. The molecule has 42 heavy (non-hydrogen) atoms. The second kappa shape index (κ2) is 11.7. The number of amides is 2. The van der Waals surface area contributed by atoms with Gasteiger partial charge in [-0.05, 0) is 59.0 Å². The first-order chi connectivity index (χ1) is 20.3. The molecule has 2 atom stereocenters. The van der Waals surface area contributed by atoms with Gasteiger partial charge in [0.2, 0.25) is 5.91 Å². The van der Waals surface area contributed by atoms with Crippen molar-refractivity contribution >= 4 is 69.2 Å². The van der Waals surface area contributed by atoms with Crippen LogP contribution in [-0.4, -0.2) is 45.9 Å². The second-order valence-electron chi connectivity index (χ2n) is 10.0. The van der Waals surface area contributed by atoms with Crippen LogP contribution in [0, 0.1) is 5.92 Å². The molecule has 2 amide bonds. The molecule has 3 N–H and O–H groups in total. The Hall–Kier alpha value is -4.67. The van der Waals surface area contributed by atoms with Gasteiger partial charge in [-0.1, -0.05) is 48.0 Å². The number of carboxylic acid groups (broad SMARTS) is 1. The van der Waals surface area contributed by atoms with E-state index in [4.69, 9.17) is 16.0 Å². The number of carbonyl (C=O) groups excluding carboxylic acids is 2. The van der Waals surface area contributed by atoms with Crippen LogP contribution in [0.3, 0.4) is 0 Å². The van der Waals surface area contributed by atoms with Crippen molar-refractivity contribution < 1.29 is 23.9 Å². The number of likely N-dealkylation sites (tertiary alicyclic amines) is 1. The van der Waals surface area contributed by atoms with Crippen LogP contribution in [0.4, 0.5) is 17.4 Å². The number of carbonyl (C=O) groups is 3. The summed E-state index contributed by atoms with van der Waals surface area (Å²) in [5.74, 6) is -2.36. The summed E-state index contributed by atoms with van der Waals surface area (Å²) in [6.07, 6.45) is 0.120. The zero-order chi connectivity index (χ0) is 29.2. The summed E-state index contributed by atoms with van der Waals surface area (Å²) in [7, 11) is 0. The number of halogens is 1. The summed E-state index contributed by atoms with van der Waals surface area (Å²) in [6, 6.07) is 23.6. The molecule has 2 aromatic heterocycles. The van der Waals surface area contributed by atoms with Crippen LogP contribution in [0.15, 0.2) is 88.7 Å².